The Balaban J connectivity index is 1.58. The van der Waals surface area contributed by atoms with E-state index >= 15 is 0 Å². The van der Waals surface area contributed by atoms with Gasteiger partial charge in [-0.2, -0.15) is 0 Å². The zero-order valence-electron chi connectivity index (χ0n) is 18.8. The summed E-state index contributed by atoms with van der Waals surface area (Å²) in [4.78, 5) is 2.46. The molecule has 1 aliphatic heterocycles. The summed E-state index contributed by atoms with van der Waals surface area (Å²) < 4.78 is 29.5. The molecular weight excluding hydrogens is 420 g/mol. The molecule has 170 valence electrons. The van der Waals surface area contributed by atoms with Crippen LogP contribution in [0.3, 0.4) is 0 Å². The lowest BCUT2D eigenvalue weighted by Gasteiger charge is -2.30. The lowest BCUT2D eigenvalue weighted by Crippen LogP contribution is -2.22. The number of anilines is 3. The van der Waals surface area contributed by atoms with Crippen LogP contribution in [0.15, 0.2) is 42.5 Å². The molecule has 6 nitrogen and oxygen atoms in total. The van der Waals surface area contributed by atoms with E-state index in [2.05, 4.69) is 32.4 Å². The van der Waals surface area contributed by atoms with Gasteiger partial charge in [-0.05, 0) is 76.3 Å². The van der Waals surface area contributed by atoms with Crippen molar-refractivity contribution in [2.45, 2.75) is 57.2 Å². The number of nitrogens with zero attached hydrogens (tertiary/aromatic N) is 2. The maximum Gasteiger partial charge on any atom is 0.235 e. The Morgan fingerprint density at radius 2 is 1.69 bits per heavy atom. The van der Waals surface area contributed by atoms with Gasteiger partial charge in [0.2, 0.25) is 10.0 Å². The summed E-state index contributed by atoms with van der Waals surface area (Å²) in [6, 6.07) is 14.7. The van der Waals surface area contributed by atoms with Gasteiger partial charge in [-0.3, -0.25) is 4.72 Å². The molecule has 2 aliphatic rings. The Morgan fingerprint density at radius 1 is 1.00 bits per heavy atom. The van der Waals surface area contributed by atoms with Crippen LogP contribution in [0.25, 0.3) is 22.2 Å². The summed E-state index contributed by atoms with van der Waals surface area (Å²) in [7, 11) is -3.37. The molecule has 2 aromatic carbocycles. The fourth-order valence-electron chi connectivity index (χ4n) is 4.79. The summed E-state index contributed by atoms with van der Waals surface area (Å²) in [5.74, 6) is 0. The third-order valence-corrected chi connectivity index (χ3v) is 8.74. The van der Waals surface area contributed by atoms with E-state index in [0.717, 1.165) is 48.3 Å². The fourth-order valence-corrected chi connectivity index (χ4v) is 5.49. The van der Waals surface area contributed by atoms with Crippen molar-refractivity contribution >= 4 is 38.0 Å². The molecule has 0 spiro atoms. The minimum Gasteiger partial charge on any atom is -0.396 e. The predicted octanol–water partition coefficient (Wildman–Crippen LogP) is 5.37. The van der Waals surface area contributed by atoms with Crippen LogP contribution >= 0.6 is 0 Å². The van der Waals surface area contributed by atoms with E-state index in [0.29, 0.717) is 11.7 Å². The molecule has 3 aromatic rings. The fraction of sp³-hybridized carbons (Fsp3) is 0.440. The standard InChI is InChI=1S/C25H32N4O2S/c1-17(2)32(30,31)27-19-10-8-18(9-11-19)25-24(26)22-13-12-21(28-14-3-4-15-28)16-23(22)29(25)20-6-5-7-20/h8-13,16-17,20,27H,3-7,14-15,26H2,1-2H3. The minimum absolute atomic E-state index is 0.456. The van der Waals surface area contributed by atoms with Crippen molar-refractivity contribution in [1.29, 1.82) is 0 Å². The lowest BCUT2D eigenvalue weighted by atomic mass is 9.92. The van der Waals surface area contributed by atoms with Crippen LogP contribution in [-0.2, 0) is 10.0 Å². The smallest absolute Gasteiger partial charge is 0.235 e. The van der Waals surface area contributed by atoms with Crippen LogP contribution in [0.4, 0.5) is 17.1 Å². The van der Waals surface area contributed by atoms with Crippen LogP contribution < -0.4 is 15.4 Å². The van der Waals surface area contributed by atoms with Gasteiger partial charge in [-0.15, -0.1) is 0 Å². The van der Waals surface area contributed by atoms with Crippen molar-refractivity contribution in [3.8, 4) is 11.3 Å². The highest BCUT2D eigenvalue weighted by Gasteiger charge is 2.27. The molecule has 1 saturated carbocycles. The van der Waals surface area contributed by atoms with Gasteiger partial charge >= 0.3 is 0 Å². The summed E-state index contributed by atoms with van der Waals surface area (Å²) in [5.41, 5.74) is 12.6. The Kier molecular flexibility index (Phi) is 5.32. The molecule has 2 heterocycles. The van der Waals surface area contributed by atoms with E-state index in [9.17, 15) is 8.42 Å². The summed E-state index contributed by atoms with van der Waals surface area (Å²) >= 11 is 0. The normalized spacial score (nSPS) is 17.3. The first-order valence-corrected chi connectivity index (χ1v) is 13.2. The third kappa shape index (κ3) is 3.62. The van der Waals surface area contributed by atoms with Gasteiger partial charge < -0.3 is 15.2 Å². The Hall–Kier alpha value is -2.67. The maximum absolute atomic E-state index is 12.2. The molecule has 1 aliphatic carbocycles. The first kappa shape index (κ1) is 21.2. The van der Waals surface area contributed by atoms with Gasteiger partial charge in [-0.1, -0.05) is 12.1 Å². The number of nitrogens with two attached hydrogens (primary N) is 1. The van der Waals surface area contributed by atoms with Crippen molar-refractivity contribution in [2.75, 3.05) is 28.4 Å². The van der Waals surface area contributed by atoms with Crippen molar-refractivity contribution in [3.63, 3.8) is 0 Å². The zero-order valence-corrected chi connectivity index (χ0v) is 19.7. The number of nitrogens with one attached hydrogen (secondary N) is 1. The summed E-state index contributed by atoms with van der Waals surface area (Å²) in [6.45, 7) is 5.58. The molecular formula is C25H32N4O2S. The van der Waals surface area contributed by atoms with E-state index in [4.69, 9.17) is 5.73 Å². The number of hydrogen-bond acceptors (Lipinski definition) is 4. The lowest BCUT2D eigenvalue weighted by molar-refractivity contribution is 0.324. The molecule has 0 amide bonds. The zero-order chi connectivity index (χ0) is 22.5. The van der Waals surface area contributed by atoms with E-state index in [1.54, 1.807) is 13.8 Å². The van der Waals surface area contributed by atoms with Gasteiger partial charge in [0.25, 0.3) is 0 Å². The highest BCUT2D eigenvalue weighted by atomic mass is 32.2. The quantitative estimate of drug-likeness (QED) is 0.527. The van der Waals surface area contributed by atoms with E-state index in [-0.39, 0.29) is 0 Å². The molecule has 32 heavy (non-hydrogen) atoms. The number of fused-ring (bicyclic) bond motifs is 1. The van der Waals surface area contributed by atoms with E-state index in [1.807, 2.05) is 24.3 Å². The first-order valence-electron chi connectivity index (χ1n) is 11.7. The second-order valence-electron chi connectivity index (χ2n) is 9.39. The van der Waals surface area contributed by atoms with Gasteiger partial charge in [0.15, 0.2) is 0 Å². The number of rotatable bonds is 6. The van der Waals surface area contributed by atoms with Gasteiger partial charge in [0.1, 0.15) is 0 Å². The largest absolute Gasteiger partial charge is 0.396 e. The Morgan fingerprint density at radius 3 is 2.28 bits per heavy atom. The Labute approximate surface area is 190 Å². The average molecular weight is 453 g/mol. The first-order chi connectivity index (χ1) is 15.3. The molecule has 5 rings (SSSR count). The molecule has 0 unspecified atom stereocenters. The van der Waals surface area contributed by atoms with E-state index in [1.165, 1.54) is 30.5 Å². The van der Waals surface area contributed by atoms with Crippen LogP contribution in [0.1, 0.15) is 52.0 Å². The molecule has 1 saturated heterocycles. The molecule has 3 N–H and O–H groups in total. The highest BCUT2D eigenvalue weighted by Crippen LogP contribution is 2.45. The number of nitrogen functional groups attached to an aromatic ring is 1. The van der Waals surface area contributed by atoms with Crippen molar-refractivity contribution in [1.82, 2.24) is 4.57 Å². The number of aromatic nitrogens is 1. The minimum atomic E-state index is -3.37. The summed E-state index contributed by atoms with van der Waals surface area (Å²) in [5, 5.41) is 0.614. The predicted molar refractivity (Wildman–Crippen MR) is 134 cm³/mol. The van der Waals surface area contributed by atoms with Crippen molar-refractivity contribution in [3.05, 3.63) is 42.5 Å². The third-order valence-electron chi connectivity index (χ3n) is 6.98. The number of benzene rings is 2. The van der Waals surface area contributed by atoms with Crippen molar-refractivity contribution < 1.29 is 8.42 Å². The molecule has 1 aromatic heterocycles. The second-order valence-corrected chi connectivity index (χ2v) is 11.6. The molecule has 0 atom stereocenters. The average Bonchev–Trinajstić information content (AvgIpc) is 3.35. The van der Waals surface area contributed by atoms with Gasteiger partial charge in [0, 0.05) is 41.5 Å². The molecule has 7 heteroatoms. The van der Waals surface area contributed by atoms with E-state index < -0.39 is 15.3 Å². The molecule has 2 fully saturated rings. The van der Waals surface area contributed by atoms with Crippen LogP contribution in [0.2, 0.25) is 0 Å². The number of sulfonamides is 1. The van der Waals surface area contributed by atoms with Crippen LogP contribution in [-0.4, -0.2) is 31.3 Å². The van der Waals surface area contributed by atoms with Crippen LogP contribution in [0, 0.1) is 0 Å². The Bertz CT molecular complexity index is 1240. The topological polar surface area (TPSA) is 80.4 Å². The maximum atomic E-state index is 12.2. The summed E-state index contributed by atoms with van der Waals surface area (Å²) in [6.07, 6.45) is 6.07. The van der Waals surface area contributed by atoms with Crippen LogP contribution in [0.5, 0.6) is 0 Å². The van der Waals surface area contributed by atoms with Crippen molar-refractivity contribution in [2.24, 2.45) is 0 Å². The SMILES string of the molecule is CC(C)S(=O)(=O)Nc1ccc(-c2c(N)c3ccc(N4CCCC4)cc3n2C2CCC2)cc1. The molecule has 0 radical (unpaired) electrons. The number of hydrogen-bond donors (Lipinski definition) is 2. The van der Waals surface area contributed by atoms with Gasteiger partial charge in [-0.25, -0.2) is 8.42 Å². The molecule has 0 bridgehead atoms. The highest BCUT2D eigenvalue weighted by molar-refractivity contribution is 7.93. The van der Waals surface area contributed by atoms with Gasteiger partial charge in [0.05, 0.1) is 22.1 Å². The second kappa shape index (κ2) is 8.03. The monoisotopic (exact) mass is 452 g/mol.